The number of benzene rings is 1. The zero-order valence-electron chi connectivity index (χ0n) is 15.9. The molecule has 0 saturated carbocycles. The Labute approximate surface area is 171 Å². The smallest absolute Gasteiger partial charge is 0.247 e. The average molecular weight is 412 g/mol. The van der Waals surface area contributed by atoms with E-state index in [1.807, 2.05) is 32.0 Å². The van der Waals surface area contributed by atoms with Gasteiger partial charge in [-0.1, -0.05) is 11.2 Å². The maximum absolute atomic E-state index is 12.7. The third-order valence-corrected chi connectivity index (χ3v) is 5.82. The van der Waals surface area contributed by atoms with Gasteiger partial charge in [-0.3, -0.25) is 14.4 Å². The van der Waals surface area contributed by atoms with Gasteiger partial charge in [-0.15, -0.1) is 11.8 Å². The summed E-state index contributed by atoms with van der Waals surface area (Å²) in [5, 5.41) is 14.0. The van der Waals surface area contributed by atoms with Gasteiger partial charge in [-0.2, -0.15) is 0 Å². The van der Waals surface area contributed by atoms with E-state index in [0.717, 1.165) is 16.8 Å². The molecule has 1 aromatic carbocycles. The van der Waals surface area contributed by atoms with Crippen LogP contribution in [0, 0.1) is 13.8 Å². The van der Waals surface area contributed by atoms with Crippen molar-refractivity contribution in [1.29, 1.82) is 0 Å². The standard InChI is InChI=1S/C20H20N4O4S/c1-10-18(11(2)28-24-10)12-3-4-13(23-20-16(25)7-8-29-20)15(9-12)22-19(27)14-5-6-17(26)21-14/h3-4,7-9,14,20,23H,5-6H2,1-2H3,(H,21,26)(H,22,27)/t14-,20-/m0/s1. The van der Waals surface area contributed by atoms with Crippen LogP contribution >= 0.6 is 11.8 Å². The van der Waals surface area contributed by atoms with E-state index in [0.29, 0.717) is 30.0 Å². The van der Waals surface area contributed by atoms with E-state index in [2.05, 4.69) is 21.1 Å². The lowest BCUT2D eigenvalue weighted by molar-refractivity contribution is -0.122. The number of carbonyl (C=O) groups is 3. The highest BCUT2D eigenvalue weighted by atomic mass is 32.2. The highest BCUT2D eigenvalue weighted by Gasteiger charge is 2.28. The quantitative estimate of drug-likeness (QED) is 0.692. The number of thioether (sulfide) groups is 1. The first-order valence-electron chi connectivity index (χ1n) is 9.22. The van der Waals surface area contributed by atoms with E-state index in [-0.39, 0.29) is 17.6 Å². The number of ketones is 1. The lowest BCUT2D eigenvalue weighted by Crippen LogP contribution is -2.37. The average Bonchev–Trinajstić information content (AvgIpc) is 3.38. The predicted octanol–water partition coefficient (Wildman–Crippen LogP) is 2.74. The predicted molar refractivity (Wildman–Crippen MR) is 110 cm³/mol. The van der Waals surface area contributed by atoms with Crippen molar-refractivity contribution in [3.63, 3.8) is 0 Å². The van der Waals surface area contributed by atoms with Crippen molar-refractivity contribution in [1.82, 2.24) is 10.5 Å². The summed E-state index contributed by atoms with van der Waals surface area (Å²) in [5.41, 5.74) is 3.58. The van der Waals surface area contributed by atoms with Gasteiger partial charge in [-0.05, 0) is 49.4 Å². The van der Waals surface area contributed by atoms with E-state index in [9.17, 15) is 14.4 Å². The van der Waals surface area contributed by atoms with Crippen molar-refractivity contribution in [2.45, 2.75) is 38.1 Å². The van der Waals surface area contributed by atoms with Crippen LogP contribution in [-0.2, 0) is 14.4 Å². The molecule has 4 rings (SSSR count). The van der Waals surface area contributed by atoms with Gasteiger partial charge in [0.15, 0.2) is 5.78 Å². The lowest BCUT2D eigenvalue weighted by atomic mass is 10.0. The van der Waals surface area contributed by atoms with E-state index in [1.165, 1.54) is 17.8 Å². The maximum Gasteiger partial charge on any atom is 0.247 e. The number of carbonyl (C=O) groups excluding carboxylic acids is 3. The summed E-state index contributed by atoms with van der Waals surface area (Å²) in [6.45, 7) is 3.68. The molecule has 0 radical (unpaired) electrons. The number of anilines is 2. The minimum absolute atomic E-state index is 0.0369. The molecular weight excluding hydrogens is 392 g/mol. The fourth-order valence-corrected chi connectivity index (χ4v) is 4.22. The summed E-state index contributed by atoms with van der Waals surface area (Å²) in [7, 11) is 0. The number of nitrogens with one attached hydrogen (secondary N) is 3. The molecule has 0 spiro atoms. The molecule has 0 aliphatic carbocycles. The van der Waals surface area contributed by atoms with Gasteiger partial charge in [0.2, 0.25) is 11.8 Å². The summed E-state index contributed by atoms with van der Waals surface area (Å²) >= 11 is 1.37. The van der Waals surface area contributed by atoms with Gasteiger partial charge in [-0.25, -0.2) is 0 Å². The molecule has 150 valence electrons. The monoisotopic (exact) mass is 412 g/mol. The third kappa shape index (κ3) is 3.91. The number of hydrogen-bond donors (Lipinski definition) is 3. The number of rotatable bonds is 5. The van der Waals surface area contributed by atoms with E-state index in [1.54, 1.807) is 5.41 Å². The van der Waals surface area contributed by atoms with Crippen LogP contribution in [0.5, 0.6) is 0 Å². The van der Waals surface area contributed by atoms with Crippen LogP contribution in [-0.4, -0.2) is 34.2 Å². The summed E-state index contributed by atoms with van der Waals surface area (Å²) < 4.78 is 5.26. The maximum atomic E-state index is 12.7. The second-order valence-electron chi connectivity index (χ2n) is 6.97. The normalized spacial score (nSPS) is 20.8. The van der Waals surface area contributed by atoms with Gasteiger partial charge in [0, 0.05) is 12.0 Å². The Balaban J connectivity index is 1.66. The van der Waals surface area contributed by atoms with E-state index >= 15 is 0 Å². The van der Waals surface area contributed by atoms with Gasteiger partial charge in [0.25, 0.3) is 0 Å². The van der Waals surface area contributed by atoms with Gasteiger partial charge in [0.1, 0.15) is 17.2 Å². The largest absolute Gasteiger partial charge is 0.365 e. The molecule has 2 amide bonds. The van der Waals surface area contributed by atoms with Crippen LogP contribution in [0.2, 0.25) is 0 Å². The van der Waals surface area contributed by atoms with Crippen LogP contribution in [0.1, 0.15) is 24.3 Å². The van der Waals surface area contributed by atoms with Gasteiger partial charge < -0.3 is 20.5 Å². The third-order valence-electron chi connectivity index (χ3n) is 4.90. The number of aryl methyl sites for hydroxylation is 2. The Morgan fingerprint density at radius 2 is 2.10 bits per heavy atom. The van der Waals surface area contributed by atoms with Gasteiger partial charge in [0.05, 0.1) is 17.1 Å². The number of aromatic nitrogens is 1. The van der Waals surface area contributed by atoms with Crippen molar-refractivity contribution >= 4 is 40.7 Å². The summed E-state index contributed by atoms with van der Waals surface area (Å²) in [6.07, 6.45) is 2.31. The second-order valence-corrected chi connectivity index (χ2v) is 7.99. The molecule has 9 heteroatoms. The molecule has 2 aliphatic rings. The molecule has 8 nitrogen and oxygen atoms in total. The summed E-state index contributed by atoms with van der Waals surface area (Å²) in [5.74, 6) is 0.213. The van der Waals surface area contributed by atoms with Crippen molar-refractivity contribution in [3.05, 3.63) is 41.1 Å². The molecule has 29 heavy (non-hydrogen) atoms. The second kappa shape index (κ2) is 7.75. The number of hydrogen-bond acceptors (Lipinski definition) is 7. The minimum atomic E-state index is -0.567. The molecule has 0 unspecified atom stereocenters. The molecule has 2 aromatic rings. The summed E-state index contributed by atoms with van der Waals surface area (Å²) in [6, 6.07) is 4.96. The highest BCUT2D eigenvalue weighted by Crippen LogP contribution is 2.35. The van der Waals surface area contributed by atoms with Crippen LogP contribution in [0.4, 0.5) is 11.4 Å². The Kier molecular flexibility index (Phi) is 5.14. The minimum Gasteiger partial charge on any atom is -0.365 e. The fourth-order valence-electron chi connectivity index (χ4n) is 3.44. The Hall–Kier alpha value is -3.07. The lowest BCUT2D eigenvalue weighted by Gasteiger charge is -2.19. The van der Waals surface area contributed by atoms with Crippen LogP contribution < -0.4 is 16.0 Å². The first kappa shape index (κ1) is 19.3. The molecule has 3 N–H and O–H groups in total. The van der Waals surface area contributed by atoms with Crippen LogP contribution in [0.25, 0.3) is 11.1 Å². The van der Waals surface area contributed by atoms with Crippen LogP contribution in [0.3, 0.4) is 0 Å². The molecule has 2 atom stereocenters. The Morgan fingerprint density at radius 1 is 1.28 bits per heavy atom. The molecular formula is C20H20N4O4S. The molecule has 3 heterocycles. The Morgan fingerprint density at radius 3 is 2.72 bits per heavy atom. The first-order chi connectivity index (χ1) is 13.9. The zero-order valence-corrected chi connectivity index (χ0v) is 16.8. The van der Waals surface area contributed by atoms with E-state index < -0.39 is 11.4 Å². The SMILES string of the molecule is Cc1noc(C)c1-c1ccc(N[C@H]2SC=CC2=O)c(NC(=O)[C@@H]2CCC(=O)N2)c1. The summed E-state index contributed by atoms with van der Waals surface area (Å²) in [4.78, 5) is 36.1. The van der Waals surface area contributed by atoms with Crippen molar-refractivity contribution in [2.24, 2.45) is 0 Å². The molecule has 1 fully saturated rings. The van der Waals surface area contributed by atoms with E-state index in [4.69, 9.17) is 4.52 Å². The number of nitrogens with zero attached hydrogens (tertiary/aromatic N) is 1. The van der Waals surface area contributed by atoms with Gasteiger partial charge >= 0.3 is 0 Å². The van der Waals surface area contributed by atoms with Crippen LogP contribution in [0.15, 0.2) is 34.2 Å². The Bertz CT molecular complexity index is 1010. The molecule has 0 bridgehead atoms. The fraction of sp³-hybridized carbons (Fsp3) is 0.300. The van der Waals surface area contributed by atoms with Crippen molar-refractivity contribution < 1.29 is 18.9 Å². The van der Waals surface area contributed by atoms with Crippen molar-refractivity contribution in [3.8, 4) is 11.1 Å². The molecule has 1 saturated heterocycles. The first-order valence-corrected chi connectivity index (χ1v) is 10.2. The molecule has 2 aliphatic heterocycles. The molecule has 1 aromatic heterocycles. The number of amides is 2. The highest BCUT2D eigenvalue weighted by molar-refractivity contribution is 8.04. The topological polar surface area (TPSA) is 113 Å². The zero-order chi connectivity index (χ0) is 20.5. The van der Waals surface area contributed by atoms with Crippen molar-refractivity contribution in [2.75, 3.05) is 10.6 Å².